The maximum Gasteiger partial charge on any atom is 0.236 e. The first-order valence-electron chi connectivity index (χ1n) is 8.97. The van der Waals surface area contributed by atoms with Crippen LogP contribution in [0.3, 0.4) is 0 Å². The third-order valence-electron chi connectivity index (χ3n) is 5.29. The van der Waals surface area contributed by atoms with Crippen molar-refractivity contribution in [1.29, 1.82) is 0 Å². The largest absolute Gasteiger partial charge is 0.339 e. The summed E-state index contributed by atoms with van der Waals surface area (Å²) in [5.74, 6) is 0.361. The van der Waals surface area contributed by atoms with Gasteiger partial charge < -0.3 is 9.80 Å². The van der Waals surface area contributed by atoms with Crippen LogP contribution in [0.25, 0.3) is 0 Å². The Hall–Kier alpha value is -1.95. The molecule has 2 atom stereocenters. The fourth-order valence-electron chi connectivity index (χ4n) is 3.92. The monoisotopic (exact) mass is 347 g/mol. The number of carbonyl (C=O) groups excluding carboxylic acids is 2. The van der Waals surface area contributed by atoms with Gasteiger partial charge in [0.05, 0.1) is 6.54 Å². The second-order valence-electron chi connectivity index (χ2n) is 7.19. The Labute approximate surface area is 148 Å². The topological polar surface area (TPSA) is 43.9 Å². The summed E-state index contributed by atoms with van der Waals surface area (Å²) >= 11 is 0. The van der Waals surface area contributed by atoms with Gasteiger partial charge in [-0.25, -0.2) is 4.39 Å². The second kappa shape index (κ2) is 7.52. The van der Waals surface area contributed by atoms with Gasteiger partial charge >= 0.3 is 0 Å². The quantitative estimate of drug-likeness (QED) is 0.839. The fourth-order valence-corrected chi connectivity index (χ4v) is 3.92. The van der Waals surface area contributed by atoms with Crippen LogP contribution in [0.2, 0.25) is 0 Å². The van der Waals surface area contributed by atoms with Crippen molar-refractivity contribution in [1.82, 2.24) is 14.7 Å². The van der Waals surface area contributed by atoms with Crippen LogP contribution in [-0.2, 0) is 9.59 Å². The number of halogens is 1. The lowest BCUT2D eigenvalue weighted by molar-refractivity contribution is -0.139. The molecular formula is C19H26FN3O2. The van der Waals surface area contributed by atoms with Crippen LogP contribution in [0.1, 0.15) is 31.9 Å². The van der Waals surface area contributed by atoms with Gasteiger partial charge in [0.1, 0.15) is 5.82 Å². The summed E-state index contributed by atoms with van der Waals surface area (Å²) in [6.45, 7) is 7.15. The molecule has 2 aliphatic rings. The standard InChI is InChI=1S/C19H26FN3O2/c1-14-11-18(16-5-3-4-6-17(16)20)23(12-14)13-19(25)22-9-7-21(8-10-22)15(2)24/h3-6,14,18H,7-13H2,1-2H3. The summed E-state index contributed by atoms with van der Waals surface area (Å²) in [5.41, 5.74) is 0.682. The van der Waals surface area contributed by atoms with Gasteiger partial charge in [-0.15, -0.1) is 0 Å². The lowest BCUT2D eigenvalue weighted by atomic mass is 10.0. The summed E-state index contributed by atoms with van der Waals surface area (Å²) in [6.07, 6.45) is 0.867. The molecule has 1 aromatic carbocycles. The first-order chi connectivity index (χ1) is 12.0. The first kappa shape index (κ1) is 17.9. The minimum absolute atomic E-state index is 0.0429. The van der Waals surface area contributed by atoms with Gasteiger partial charge in [-0.05, 0) is 18.4 Å². The van der Waals surface area contributed by atoms with Gasteiger partial charge in [0.25, 0.3) is 0 Å². The Bertz CT molecular complexity index is 643. The molecule has 2 saturated heterocycles. The van der Waals surface area contributed by atoms with E-state index in [0.29, 0.717) is 44.2 Å². The minimum Gasteiger partial charge on any atom is -0.339 e. The van der Waals surface area contributed by atoms with E-state index in [1.54, 1.807) is 17.9 Å². The zero-order valence-electron chi connectivity index (χ0n) is 14.9. The third-order valence-corrected chi connectivity index (χ3v) is 5.29. The molecule has 5 nitrogen and oxygen atoms in total. The van der Waals surface area contributed by atoms with Crippen molar-refractivity contribution >= 4 is 11.8 Å². The summed E-state index contributed by atoms with van der Waals surface area (Å²) in [7, 11) is 0. The predicted molar refractivity (Wildman–Crippen MR) is 93.3 cm³/mol. The molecule has 0 aromatic heterocycles. The highest BCUT2D eigenvalue weighted by atomic mass is 19.1. The van der Waals surface area contributed by atoms with E-state index in [-0.39, 0.29) is 23.7 Å². The number of nitrogens with zero attached hydrogens (tertiary/aromatic N) is 3. The zero-order chi connectivity index (χ0) is 18.0. The molecule has 3 rings (SSSR count). The molecule has 2 aliphatic heterocycles. The van der Waals surface area contributed by atoms with Crippen molar-refractivity contribution in [3.05, 3.63) is 35.6 Å². The first-order valence-corrected chi connectivity index (χ1v) is 8.97. The van der Waals surface area contributed by atoms with E-state index in [9.17, 15) is 14.0 Å². The number of benzene rings is 1. The van der Waals surface area contributed by atoms with E-state index in [2.05, 4.69) is 11.8 Å². The molecule has 2 unspecified atom stereocenters. The summed E-state index contributed by atoms with van der Waals surface area (Å²) < 4.78 is 14.2. The lowest BCUT2D eigenvalue weighted by Crippen LogP contribution is -2.52. The van der Waals surface area contributed by atoms with Crippen LogP contribution in [0.5, 0.6) is 0 Å². The molecule has 0 saturated carbocycles. The van der Waals surface area contributed by atoms with Crippen LogP contribution < -0.4 is 0 Å². The number of rotatable bonds is 3. The van der Waals surface area contributed by atoms with Crippen molar-refractivity contribution in [2.75, 3.05) is 39.3 Å². The molecule has 0 radical (unpaired) electrons. The molecule has 2 heterocycles. The number of amides is 2. The van der Waals surface area contributed by atoms with Gasteiger partial charge in [-0.1, -0.05) is 25.1 Å². The van der Waals surface area contributed by atoms with E-state index in [1.807, 2.05) is 17.0 Å². The van der Waals surface area contributed by atoms with Crippen LogP contribution in [0.4, 0.5) is 4.39 Å². The number of piperazine rings is 1. The maximum absolute atomic E-state index is 14.2. The van der Waals surface area contributed by atoms with Crippen LogP contribution in [-0.4, -0.2) is 65.8 Å². The van der Waals surface area contributed by atoms with Gasteiger partial charge in [0, 0.05) is 51.3 Å². The molecule has 0 bridgehead atoms. The average Bonchev–Trinajstić information content (AvgIpc) is 2.95. The predicted octanol–water partition coefficient (Wildman–Crippen LogP) is 1.90. The van der Waals surface area contributed by atoms with E-state index in [0.717, 1.165) is 13.0 Å². The molecule has 0 spiro atoms. The highest BCUT2D eigenvalue weighted by Gasteiger charge is 2.34. The van der Waals surface area contributed by atoms with Crippen LogP contribution >= 0.6 is 0 Å². The summed E-state index contributed by atoms with van der Waals surface area (Å²) in [4.78, 5) is 29.8. The molecule has 136 valence electrons. The number of hydrogen-bond donors (Lipinski definition) is 0. The van der Waals surface area contributed by atoms with Crippen molar-refractivity contribution < 1.29 is 14.0 Å². The molecule has 6 heteroatoms. The third kappa shape index (κ3) is 4.00. The van der Waals surface area contributed by atoms with Crippen LogP contribution in [0, 0.1) is 11.7 Å². The van der Waals surface area contributed by atoms with Crippen molar-refractivity contribution in [2.45, 2.75) is 26.3 Å². The van der Waals surface area contributed by atoms with Crippen molar-refractivity contribution in [3.8, 4) is 0 Å². The van der Waals surface area contributed by atoms with Crippen LogP contribution in [0.15, 0.2) is 24.3 Å². The van der Waals surface area contributed by atoms with Gasteiger partial charge in [-0.3, -0.25) is 14.5 Å². The van der Waals surface area contributed by atoms with Gasteiger partial charge in [0.2, 0.25) is 11.8 Å². The highest BCUT2D eigenvalue weighted by molar-refractivity contribution is 5.79. The van der Waals surface area contributed by atoms with Gasteiger partial charge in [0.15, 0.2) is 0 Å². The molecular weight excluding hydrogens is 321 g/mol. The van der Waals surface area contributed by atoms with E-state index >= 15 is 0 Å². The molecule has 0 N–H and O–H groups in total. The van der Waals surface area contributed by atoms with E-state index in [4.69, 9.17) is 0 Å². The summed E-state index contributed by atoms with van der Waals surface area (Å²) in [6, 6.07) is 6.81. The molecule has 0 aliphatic carbocycles. The number of carbonyl (C=O) groups is 2. The maximum atomic E-state index is 14.2. The van der Waals surface area contributed by atoms with E-state index < -0.39 is 0 Å². The Morgan fingerprint density at radius 2 is 1.76 bits per heavy atom. The minimum atomic E-state index is -0.200. The summed E-state index contributed by atoms with van der Waals surface area (Å²) in [5, 5.41) is 0. The van der Waals surface area contributed by atoms with Crippen molar-refractivity contribution in [3.63, 3.8) is 0 Å². The molecule has 1 aromatic rings. The van der Waals surface area contributed by atoms with Crippen molar-refractivity contribution in [2.24, 2.45) is 5.92 Å². The zero-order valence-corrected chi connectivity index (χ0v) is 14.9. The van der Waals surface area contributed by atoms with E-state index in [1.165, 1.54) is 6.07 Å². The second-order valence-corrected chi connectivity index (χ2v) is 7.19. The normalized spacial score (nSPS) is 24.6. The fraction of sp³-hybridized carbons (Fsp3) is 0.579. The Morgan fingerprint density at radius 3 is 2.40 bits per heavy atom. The SMILES string of the molecule is CC(=O)N1CCN(C(=O)CN2CC(C)CC2c2ccccc2F)CC1. The highest BCUT2D eigenvalue weighted by Crippen LogP contribution is 2.36. The Morgan fingerprint density at radius 1 is 1.12 bits per heavy atom. The molecule has 25 heavy (non-hydrogen) atoms. The Balaban J connectivity index is 1.64. The Kier molecular flexibility index (Phi) is 5.37. The lowest BCUT2D eigenvalue weighted by Gasteiger charge is -2.35. The average molecular weight is 347 g/mol. The smallest absolute Gasteiger partial charge is 0.236 e. The molecule has 2 fully saturated rings. The van der Waals surface area contributed by atoms with Gasteiger partial charge in [-0.2, -0.15) is 0 Å². The molecule has 2 amide bonds. The number of likely N-dealkylation sites (tertiary alicyclic amines) is 1. The number of hydrogen-bond acceptors (Lipinski definition) is 3.